The Morgan fingerprint density at radius 1 is 1.18 bits per heavy atom. The minimum absolute atomic E-state index is 0.658. The van der Waals surface area contributed by atoms with Gasteiger partial charge in [0.2, 0.25) is 0 Å². The van der Waals surface area contributed by atoms with Crippen molar-refractivity contribution in [3.8, 4) is 0 Å². The van der Waals surface area contributed by atoms with Crippen LogP contribution in [0.3, 0.4) is 0 Å². The molecular formula is C9H12ClN. The van der Waals surface area contributed by atoms with Crippen molar-refractivity contribution in [3.63, 3.8) is 0 Å². The number of benzene rings is 1. The first-order chi connectivity index (χ1) is 5.04. The van der Waals surface area contributed by atoms with Crippen molar-refractivity contribution in [3.05, 3.63) is 27.8 Å². The normalized spacial score (nSPS) is 10.2. The van der Waals surface area contributed by atoms with Gasteiger partial charge >= 0.3 is 0 Å². The molecule has 0 aliphatic carbocycles. The smallest absolute Gasteiger partial charge is 0.0640 e. The summed E-state index contributed by atoms with van der Waals surface area (Å²) >= 11 is 5.87. The largest absolute Gasteiger partial charge is 0.397 e. The second-order valence-corrected chi connectivity index (χ2v) is 3.25. The Bertz CT molecular complexity index is 266. The molecule has 0 aromatic heterocycles. The van der Waals surface area contributed by atoms with Crippen LogP contribution in [-0.4, -0.2) is 0 Å². The summed E-state index contributed by atoms with van der Waals surface area (Å²) in [5.41, 5.74) is 9.94. The second-order valence-electron chi connectivity index (χ2n) is 2.84. The van der Waals surface area contributed by atoms with Crippen LogP contribution in [0.25, 0.3) is 0 Å². The fraction of sp³-hybridized carbons (Fsp3) is 0.333. The van der Waals surface area contributed by atoms with Gasteiger partial charge in [-0.2, -0.15) is 0 Å². The van der Waals surface area contributed by atoms with Gasteiger partial charge in [-0.25, -0.2) is 0 Å². The van der Waals surface area contributed by atoms with Crippen molar-refractivity contribution in [2.24, 2.45) is 0 Å². The van der Waals surface area contributed by atoms with Gasteiger partial charge < -0.3 is 5.73 Å². The first-order valence-corrected chi connectivity index (χ1v) is 3.93. The summed E-state index contributed by atoms with van der Waals surface area (Å²) in [6.45, 7) is 6.08. The molecule has 0 bridgehead atoms. The molecule has 0 amide bonds. The molecule has 1 aromatic carbocycles. The molecule has 0 atom stereocenters. The van der Waals surface area contributed by atoms with Gasteiger partial charge in [0.15, 0.2) is 0 Å². The number of aryl methyl sites for hydroxylation is 1. The maximum Gasteiger partial charge on any atom is 0.0640 e. The van der Waals surface area contributed by atoms with Crippen LogP contribution in [0.5, 0.6) is 0 Å². The van der Waals surface area contributed by atoms with Gasteiger partial charge in [-0.15, -0.1) is 0 Å². The third kappa shape index (κ3) is 1.33. The summed E-state index contributed by atoms with van der Waals surface area (Å²) < 4.78 is 0. The quantitative estimate of drug-likeness (QED) is 0.594. The Kier molecular flexibility index (Phi) is 2.10. The third-order valence-corrected chi connectivity index (χ3v) is 2.47. The third-order valence-electron chi connectivity index (χ3n) is 2.16. The van der Waals surface area contributed by atoms with E-state index in [-0.39, 0.29) is 0 Å². The van der Waals surface area contributed by atoms with Gasteiger partial charge in [-0.1, -0.05) is 11.6 Å². The van der Waals surface area contributed by atoms with Gasteiger partial charge in [0.25, 0.3) is 0 Å². The van der Waals surface area contributed by atoms with Crippen LogP contribution in [-0.2, 0) is 0 Å². The van der Waals surface area contributed by atoms with Gasteiger partial charge in [0, 0.05) is 0 Å². The van der Waals surface area contributed by atoms with Crippen molar-refractivity contribution in [2.45, 2.75) is 20.8 Å². The molecule has 1 aromatic rings. The maximum absolute atomic E-state index is 5.87. The van der Waals surface area contributed by atoms with Crippen LogP contribution >= 0.6 is 11.6 Å². The van der Waals surface area contributed by atoms with Crippen molar-refractivity contribution in [1.29, 1.82) is 0 Å². The number of hydrogen-bond acceptors (Lipinski definition) is 1. The van der Waals surface area contributed by atoms with E-state index < -0.39 is 0 Å². The molecule has 0 fully saturated rings. The molecule has 0 unspecified atom stereocenters. The van der Waals surface area contributed by atoms with Crippen molar-refractivity contribution < 1.29 is 0 Å². The Balaban J connectivity index is 3.46. The zero-order valence-electron chi connectivity index (χ0n) is 7.03. The molecule has 2 heteroatoms. The van der Waals surface area contributed by atoms with Gasteiger partial charge in [-0.05, 0) is 43.5 Å². The average Bonchev–Trinajstić information content (AvgIpc) is 1.97. The lowest BCUT2D eigenvalue weighted by Crippen LogP contribution is -1.95. The number of nitrogen functional groups attached to an aromatic ring is 1. The number of hydrogen-bond donors (Lipinski definition) is 1. The lowest BCUT2D eigenvalue weighted by molar-refractivity contribution is 1.27. The molecule has 0 heterocycles. The molecule has 0 saturated carbocycles. The fourth-order valence-corrected chi connectivity index (χ4v) is 1.36. The Labute approximate surface area is 72.2 Å². The molecule has 0 aliphatic heterocycles. The standard InChI is InChI=1S/C9H12ClN/c1-5-4-8(10)9(11)7(3)6(5)2/h4H,11H2,1-3H3. The fourth-order valence-electron chi connectivity index (χ4n) is 1.05. The van der Waals surface area contributed by atoms with Crippen LogP contribution < -0.4 is 5.73 Å². The highest BCUT2D eigenvalue weighted by molar-refractivity contribution is 6.33. The van der Waals surface area contributed by atoms with Crippen molar-refractivity contribution in [2.75, 3.05) is 5.73 Å². The minimum Gasteiger partial charge on any atom is -0.397 e. The first kappa shape index (κ1) is 8.41. The molecule has 60 valence electrons. The summed E-state index contributed by atoms with van der Waals surface area (Å²) in [5, 5.41) is 0.658. The Morgan fingerprint density at radius 3 is 2.27 bits per heavy atom. The van der Waals surface area contributed by atoms with Crippen LogP contribution in [0.15, 0.2) is 6.07 Å². The van der Waals surface area contributed by atoms with Crippen LogP contribution in [0.2, 0.25) is 5.02 Å². The van der Waals surface area contributed by atoms with Gasteiger partial charge in [0.1, 0.15) is 0 Å². The summed E-state index contributed by atoms with van der Waals surface area (Å²) in [4.78, 5) is 0. The number of anilines is 1. The highest BCUT2D eigenvalue weighted by Gasteiger charge is 2.04. The lowest BCUT2D eigenvalue weighted by Gasteiger charge is -2.08. The zero-order valence-corrected chi connectivity index (χ0v) is 7.79. The Morgan fingerprint density at radius 2 is 1.73 bits per heavy atom. The number of rotatable bonds is 0. The Hall–Kier alpha value is -0.690. The zero-order chi connectivity index (χ0) is 8.59. The lowest BCUT2D eigenvalue weighted by atomic mass is 10.0. The number of nitrogens with two attached hydrogens (primary N) is 1. The SMILES string of the molecule is Cc1cc(Cl)c(N)c(C)c1C. The van der Waals surface area contributed by atoms with E-state index in [1.807, 2.05) is 19.9 Å². The van der Waals surface area contributed by atoms with Gasteiger partial charge in [-0.3, -0.25) is 0 Å². The summed E-state index contributed by atoms with van der Waals surface area (Å²) in [6.07, 6.45) is 0. The van der Waals surface area contributed by atoms with E-state index in [2.05, 4.69) is 6.92 Å². The second kappa shape index (κ2) is 2.74. The predicted octanol–water partition coefficient (Wildman–Crippen LogP) is 2.85. The molecule has 0 radical (unpaired) electrons. The topological polar surface area (TPSA) is 26.0 Å². The molecule has 0 aliphatic rings. The average molecular weight is 170 g/mol. The minimum atomic E-state index is 0.658. The van der Waals surface area contributed by atoms with E-state index in [0.717, 1.165) is 5.56 Å². The van der Waals surface area contributed by atoms with E-state index in [0.29, 0.717) is 10.7 Å². The monoisotopic (exact) mass is 169 g/mol. The number of halogens is 1. The van der Waals surface area contributed by atoms with Gasteiger partial charge in [0.05, 0.1) is 10.7 Å². The first-order valence-electron chi connectivity index (χ1n) is 3.56. The molecular weight excluding hydrogens is 158 g/mol. The molecule has 0 spiro atoms. The maximum atomic E-state index is 5.87. The predicted molar refractivity (Wildman–Crippen MR) is 50.1 cm³/mol. The molecule has 0 saturated heterocycles. The summed E-state index contributed by atoms with van der Waals surface area (Å²) in [5.74, 6) is 0. The van der Waals surface area contributed by atoms with E-state index in [1.165, 1.54) is 11.1 Å². The van der Waals surface area contributed by atoms with Crippen LogP contribution in [0.1, 0.15) is 16.7 Å². The molecule has 2 N–H and O–H groups in total. The van der Waals surface area contributed by atoms with Crippen LogP contribution in [0.4, 0.5) is 5.69 Å². The van der Waals surface area contributed by atoms with E-state index in [4.69, 9.17) is 17.3 Å². The highest BCUT2D eigenvalue weighted by Crippen LogP contribution is 2.27. The molecule has 11 heavy (non-hydrogen) atoms. The highest BCUT2D eigenvalue weighted by atomic mass is 35.5. The van der Waals surface area contributed by atoms with E-state index in [9.17, 15) is 0 Å². The molecule has 1 nitrogen and oxygen atoms in total. The summed E-state index contributed by atoms with van der Waals surface area (Å²) in [7, 11) is 0. The summed E-state index contributed by atoms with van der Waals surface area (Å²) in [6, 6.07) is 1.90. The van der Waals surface area contributed by atoms with Crippen molar-refractivity contribution in [1.82, 2.24) is 0 Å². The van der Waals surface area contributed by atoms with Crippen molar-refractivity contribution >= 4 is 17.3 Å². The van der Waals surface area contributed by atoms with E-state index >= 15 is 0 Å². The molecule has 1 rings (SSSR count). The van der Waals surface area contributed by atoms with Crippen LogP contribution in [0, 0.1) is 20.8 Å². The van der Waals surface area contributed by atoms with E-state index in [1.54, 1.807) is 0 Å².